The van der Waals surface area contributed by atoms with Gasteiger partial charge in [-0.25, -0.2) is 0 Å². The molecule has 0 aliphatic heterocycles. The molecule has 0 fully saturated rings. The Labute approximate surface area is 87.8 Å². The molecule has 0 bridgehead atoms. The lowest BCUT2D eigenvalue weighted by Gasteiger charge is -2.14. The van der Waals surface area contributed by atoms with Crippen molar-refractivity contribution in [1.29, 1.82) is 0 Å². The number of allylic oxidation sites excluding steroid dienone is 1. The van der Waals surface area contributed by atoms with E-state index in [4.69, 9.17) is 0 Å². The minimum Gasteiger partial charge on any atom is -0.355 e. The Morgan fingerprint density at radius 3 is 2.80 bits per heavy atom. The Bertz CT molecular complexity index is 460. The van der Waals surface area contributed by atoms with Gasteiger partial charge in [-0.3, -0.25) is 9.59 Å². The Morgan fingerprint density at radius 1 is 1.33 bits per heavy atom. The third-order valence-electron chi connectivity index (χ3n) is 2.50. The first kappa shape index (κ1) is 9.65. The third-order valence-corrected chi connectivity index (χ3v) is 2.50. The minimum absolute atomic E-state index is 0.184. The molecule has 3 heteroatoms. The molecule has 15 heavy (non-hydrogen) atoms. The van der Waals surface area contributed by atoms with E-state index in [0.717, 1.165) is 5.56 Å². The van der Waals surface area contributed by atoms with E-state index in [9.17, 15) is 9.59 Å². The van der Waals surface area contributed by atoms with Crippen LogP contribution >= 0.6 is 0 Å². The first-order chi connectivity index (χ1) is 7.24. The molecule has 1 aliphatic carbocycles. The summed E-state index contributed by atoms with van der Waals surface area (Å²) < 4.78 is 0. The SMILES string of the molecule is CNC(=O)C1=CCc2ccccc2C1=O. The van der Waals surface area contributed by atoms with Crippen molar-refractivity contribution in [3.05, 3.63) is 47.0 Å². The van der Waals surface area contributed by atoms with Gasteiger partial charge in [-0.15, -0.1) is 0 Å². The summed E-state index contributed by atoms with van der Waals surface area (Å²) >= 11 is 0. The Balaban J connectivity index is 2.42. The molecular weight excluding hydrogens is 190 g/mol. The van der Waals surface area contributed by atoms with E-state index in [-0.39, 0.29) is 17.3 Å². The number of nitrogens with one attached hydrogen (secondary N) is 1. The van der Waals surface area contributed by atoms with E-state index in [2.05, 4.69) is 5.32 Å². The van der Waals surface area contributed by atoms with Crippen LogP contribution in [-0.2, 0) is 11.2 Å². The molecule has 0 unspecified atom stereocenters. The van der Waals surface area contributed by atoms with Gasteiger partial charge in [0.15, 0.2) is 5.78 Å². The summed E-state index contributed by atoms with van der Waals surface area (Å²) in [6.07, 6.45) is 2.33. The normalized spacial score (nSPS) is 14.2. The molecule has 1 N–H and O–H groups in total. The lowest BCUT2D eigenvalue weighted by atomic mass is 9.90. The molecule has 0 radical (unpaired) electrons. The van der Waals surface area contributed by atoms with Crippen LogP contribution in [0.5, 0.6) is 0 Å². The highest BCUT2D eigenvalue weighted by Crippen LogP contribution is 2.20. The van der Waals surface area contributed by atoms with Crippen molar-refractivity contribution in [2.75, 3.05) is 7.05 Å². The second-order valence-corrected chi connectivity index (χ2v) is 3.39. The first-order valence-electron chi connectivity index (χ1n) is 4.79. The minimum atomic E-state index is -0.311. The number of hydrogen-bond donors (Lipinski definition) is 1. The maximum Gasteiger partial charge on any atom is 0.254 e. The van der Waals surface area contributed by atoms with Gasteiger partial charge in [0.25, 0.3) is 5.91 Å². The summed E-state index contributed by atoms with van der Waals surface area (Å²) in [5.41, 5.74) is 1.87. The van der Waals surface area contributed by atoms with Gasteiger partial charge < -0.3 is 5.32 Å². The molecular formula is C12H11NO2. The Morgan fingerprint density at radius 2 is 2.07 bits per heavy atom. The summed E-state index contributed by atoms with van der Waals surface area (Å²) in [6, 6.07) is 7.37. The number of Topliss-reactive ketones (excluding diaryl/α,β-unsaturated/α-hetero) is 1. The highest BCUT2D eigenvalue weighted by atomic mass is 16.2. The number of amides is 1. The fourth-order valence-corrected chi connectivity index (χ4v) is 1.70. The van der Waals surface area contributed by atoms with Gasteiger partial charge in [-0.05, 0) is 12.0 Å². The van der Waals surface area contributed by atoms with Crippen LogP contribution in [-0.4, -0.2) is 18.7 Å². The smallest absolute Gasteiger partial charge is 0.254 e. The van der Waals surface area contributed by atoms with Crippen LogP contribution in [0.1, 0.15) is 15.9 Å². The fraction of sp³-hybridized carbons (Fsp3) is 0.167. The first-order valence-corrected chi connectivity index (χ1v) is 4.79. The summed E-state index contributed by atoms with van der Waals surface area (Å²) in [5, 5.41) is 2.47. The topological polar surface area (TPSA) is 46.2 Å². The average Bonchev–Trinajstić information content (AvgIpc) is 2.29. The number of carbonyl (C=O) groups excluding carboxylic acids is 2. The average molecular weight is 201 g/mol. The van der Waals surface area contributed by atoms with E-state index >= 15 is 0 Å². The molecule has 2 rings (SSSR count). The number of carbonyl (C=O) groups is 2. The number of rotatable bonds is 1. The molecule has 76 valence electrons. The van der Waals surface area contributed by atoms with Gasteiger partial charge in [0, 0.05) is 12.6 Å². The maximum atomic E-state index is 11.9. The second kappa shape index (κ2) is 3.69. The molecule has 3 nitrogen and oxygen atoms in total. The maximum absolute atomic E-state index is 11.9. The van der Waals surface area contributed by atoms with Gasteiger partial charge in [0.2, 0.25) is 0 Å². The molecule has 0 atom stereocenters. The zero-order valence-electron chi connectivity index (χ0n) is 8.41. The van der Waals surface area contributed by atoms with Gasteiger partial charge in [0.05, 0.1) is 5.57 Å². The molecule has 0 spiro atoms. The van der Waals surface area contributed by atoms with Crippen LogP contribution in [0, 0.1) is 0 Å². The van der Waals surface area contributed by atoms with Gasteiger partial charge >= 0.3 is 0 Å². The Kier molecular flexibility index (Phi) is 2.37. The molecule has 1 aromatic carbocycles. The zero-order valence-corrected chi connectivity index (χ0v) is 8.41. The van der Waals surface area contributed by atoms with Gasteiger partial charge in [-0.2, -0.15) is 0 Å². The van der Waals surface area contributed by atoms with Crippen LogP contribution in [0.2, 0.25) is 0 Å². The highest BCUT2D eigenvalue weighted by molar-refractivity contribution is 6.26. The monoisotopic (exact) mass is 201 g/mol. The summed E-state index contributed by atoms with van der Waals surface area (Å²) in [6.45, 7) is 0. The molecule has 1 aliphatic rings. The summed E-state index contributed by atoms with van der Waals surface area (Å²) in [4.78, 5) is 23.3. The molecule has 1 aromatic rings. The number of hydrogen-bond acceptors (Lipinski definition) is 2. The van der Waals surface area contributed by atoms with Crippen LogP contribution in [0.4, 0.5) is 0 Å². The third kappa shape index (κ3) is 1.56. The van der Waals surface area contributed by atoms with Crippen molar-refractivity contribution < 1.29 is 9.59 Å². The predicted octanol–water partition coefficient (Wildman–Crippen LogP) is 1.10. The molecule has 0 heterocycles. The van der Waals surface area contributed by atoms with Crippen molar-refractivity contribution in [2.45, 2.75) is 6.42 Å². The van der Waals surface area contributed by atoms with Crippen molar-refractivity contribution in [3.8, 4) is 0 Å². The van der Waals surface area contributed by atoms with Crippen LogP contribution in [0.3, 0.4) is 0 Å². The van der Waals surface area contributed by atoms with Gasteiger partial charge in [-0.1, -0.05) is 30.3 Å². The Hall–Kier alpha value is -1.90. The van der Waals surface area contributed by atoms with E-state index < -0.39 is 0 Å². The number of fused-ring (bicyclic) bond motifs is 1. The van der Waals surface area contributed by atoms with E-state index in [0.29, 0.717) is 12.0 Å². The molecule has 0 saturated carbocycles. The van der Waals surface area contributed by atoms with E-state index in [1.807, 2.05) is 18.2 Å². The molecule has 1 amide bonds. The standard InChI is InChI=1S/C12H11NO2/c1-13-12(15)10-7-6-8-4-2-3-5-9(8)11(10)14/h2-5,7H,6H2,1H3,(H,13,15). The predicted molar refractivity (Wildman–Crippen MR) is 56.6 cm³/mol. The van der Waals surface area contributed by atoms with Gasteiger partial charge in [0.1, 0.15) is 0 Å². The van der Waals surface area contributed by atoms with Crippen LogP contribution < -0.4 is 5.32 Å². The van der Waals surface area contributed by atoms with Crippen molar-refractivity contribution in [1.82, 2.24) is 5.32 Å². The van der Waals surface area contributed by atoms with E-state index in [1.54, 1.807) is 12.1 Å². The summed E-state index contributed by atoms with van der Waals surface area (Å²) in [5.74, 6) is -0.495. The van der Waals surface area contributed by atoms with Crippen LogP contribution in [0.25, 0.3) is 0 Å². The fourth-order valence-electron chi connectivity index (χ4n) is 1.70. The van der Waals surface area contributed by atoms with Crippen LogP contribution in [0.15, 0.2) is 35.9 Å². The van der Waals surface area contributed by atoms with Crippen molar-refractivity contribution >= 4 is 11.7 Å². The highest BCUT2D eigenvalue weighted by Gasteiger charge is 2.23. The second-order valence-electron chi connectivity index (χ2n) is 3.39. The number of benzene rings is 1. The number of ketones is 1. The van der Waals surface area contributed by atoms with Crippen molar-refractivity contribution in [2.24, 2.45) is 0 Å². The molecule has 0 saturated heterocycles. The summed E-state index contributed by atoms with van der Waals surface area (Å²) in [7, 11) is 1.52. The quantitative estimate of drug-likeness (QED) is 0.691. The lowest BCUT2D eigenvalue weighted by Crippen LogP contribution is -2.27. The number of likely N-dealkylation sites (N-methyl/N-ethyl adjacent to an activating group) is 1. The zero-order chi connectivity index (χ0) is 10.8. The lowest BCUT2D eigenvalue weighted by molar-refractivity contribution is -0.116. The van der Waals surface area contributed by atoms with Crippen molar-refractivity contribution in [3.63, 3.8) is 0 Å². The van der Waals surface area contributed by atoms with E-state index in [1.165, 1.54) is 7.05 Å². The largest absolute Gasteiger partial charge is 0.355 e. The molecule has 0 aromatic heterocycles.